The van der Waals surface area contributed by atoms with Crippen LogP contribution in [0.3, 0.4) is 0 Å². The van der Waals surface area contributed by atoms with E-state index in [-0.39, 0.29) is 6.10 Å². The monoisotopic (exact) mass is 294 g/mol. The average molecular weight is 294 g/mol. The van der Waals surface area contributed by atoms with Gasteiger partial charge in [-0.05, 0) is 67.2 Å². The van der Waals surface area contributed by atoms with Crippen LogP contribution < -0.4 is 0 Å². The number of aryl methyl sites for hydroxylation is 2. The second-order valence-electron chi connectivity index (χ2n) is 6.78. The molecule has 0 spiro atoms. The number of hydrogen-bond donors (Lipinski definition) is 1. The maximum atomic E-state index is 8.95. The zero-order valence-electron chi connectivity index (χ0n) is 13.6. The van der Waals surface area contributed by atoms with Crippen molar-refractivity contribution in [3.8, 4) is 0 Å². The summed E-state index contributed by atoms with van der Waals surface area (Å²) in [4.78, 5) is 0. The van der Waals surface area contributed by atoms with Gasteiger partial charge in [0.05, 0.1) is 6.10 Å². The van der Waals surface area contributed by atoms with Crippen LogP contribution in [0.4, 0.5) is 0 Å². The van der Waals surface area contributed by atoms with Crippen LogP contribution in [0.2, 0.25) is 0 Å². The molecule has 4 rings (SSSR count). The molecule has 0 radical (unpaired) electrons. The fraction of sp³-hybridized carbons (Fsp3) is 0.429. The fourth-order valence-electron chi connectivity index (χ4n) is 3.61. The summed E-state index contributed by atoms with van der Waals surface area (Å²) in [5, 5.41) is 8.95. The average Bonchev–Trinajstić information content (AvgIpc) is 2.94. The van der Waals surface area contributed by atoms with Crippen LogP contribution in [0.15, 0.2) is 48.5 Å². The predicted octanol–water partition coefficient (Wildman–Crippen LogP) is 4.67. The van der Waals surface area contributed by atoms with Crippen LogP contribution in [0.25, 0.3) is 0 Å². The van der Waals surface area contributed by atoms with Crippen LogP contribution in [0.1, 0.15) is 41.5 Å². The molecular weight excluding hydrogens is 268 g/mol. The van der Waals surface area contributed by atoms with Crippen LogP contribution in [0, 0.1) is 25.7 Å². The maximum Gasteiger partial charge on any atom is 0.0603 e. The Morgan fingerprint density at radius 2 is 1.27 bits per heavy atom. The van der Waals surface area contributed by atoms with E-state index in [9.17, 15) is 0 Å². The quantitative estimate of drug-likeness (QED) is 0.853. The van der Waals surface area contributed by atoms with Crippen LogP contribution in [-0.2, 0) is 6.42 Å². The molecule has 1 N–H and O–H groups in total. The largest absolute Gasteiger partial charge is 0.393 e. The lowest BCUT2D eigenvalue weighted by atomic mass is 9.98. The van der Waals surface area contributed by atoms with Crippen LogP contribution >= 0.6 is 0 Å². The van der Waals surface area contributed by atoms with E-state index >= 15 is 0 Å². The lowest BCUT2D eigenvalue weighted by Gasteiger charge is -2.07. The van der Waals surface area contributed by atoms with E-state index in [2.05, 4.69) is 62.4 Å². The summed E-state index contributed by atoms with van der Waals surface area (Å²) in [5.74, 6) is 1.47. The second kappa shape index (κ2) is 6.66. The minimum atomic E-state index is 0.119. The molecule has 0 saturated heterocycles. The van der Waals surface area contributed by atoms with Gasteiger partial charge in [0.1, 0.15) is 0 Å². The Morgan fingerprint density at radius 3 is 1.64 bits per heavy atom. The molecule has 0 aliphatic heterocycles. The Balaban J connectivity index is 0.000000169. The van der Waals surface area contributed by atoms with Gasteiger partial charge in [-0.3, -0.25) is 0 Å². The summed E-state index contributed by atoms with van der Waals surface area (Å²) in [6.07, 6.45) is 5.12. The number of aliphatic hydroxyl groups excluding tert-OH is 1. The summed E-state index contributed by atoms with van der Waals surface area (Å²) in [6, 6.07) is 17.2. The van der Waals surface area contributed by atoms with Crippen molar-refractivity contribution >= 4 is 0 Å². The Hall–Kier alpha value is -1.60. The zero-order valence-corrected chi connectivity index (χ0v) is 13.6. The van der Waals surface area contributed by atoms with Gasteiger partial charge in [-0.1, -0.05) is 55.0 Å². The van der Waals surface area contributed by atoms with E-state index in [1.807, 2.05) is 0 Å². The first kappa shape index (κ1) is 15.3. The minimum absolute atomic E-state index is 0.119. The molecule has 2 aliphatic rings. The molecule has 0 amide bonds. The lowest BCUT2D eigenvalue weighted by Crippen LogP contribution is -1.93. The Labute approximate surface area is 134 Å². The lowest BCUT2D eigenvalue weighted by molar-refractivity contribution is 0.233. The van der Waals surface area contributed by atoms with Crippen LogP contribution in [-0.4, -0.2) is 11.2 Å². The highest BCUT2D eigenvalue weighted by molar-refractivity contribution is 5.35. The number of aliphatic hydroxyl groups is 1. The van der Waals surface area contributed by atoms with E-state index in [0.717, 1.165) is 18.3 Å². The molecule has 2 aromatic rings. The van der Waals surface area contributed by atoms with Crippen molar-refractivity contribution in [3.63, 3.8) is 0 Å². The molecule has 2 aliphatic carbocycles. The predicted molar refractivity (Wildman–Crippen MR) is 92.0 cm³/mol. The van der Waals surface area contributed by atoms with E-state index in [0.29, 0.717) is 0 Å². The molecule has 116 valence electrons. The first-order chi connectivity index (χ1) is 10.7. The van der Waals surface area contributed by atoms with Gasteiger partial charge < -0.3 is 5.11 Å². The highest BCUT2D eigenvalue weighted by atomic mass is 16.3. The zero-order chi connectivity index (χ0) is 15.5. The number of fused-ring (bicyclic) bond motifs is 1. The number of benzene rings is 2. The fourth-order valence-corrected chi connectivity index (χ4v) is 3.61. The van der Waals surface area contributed by atoms with Gasteiger partial charge in [0.2, 0.25) is 0 Å². The third kappa shape index (κ3) is 3.41. The van der Waals surface area contributed by atoms with Gasteiger partial charge in [-0.25, -0.2) is 0 Å². The van der Waals surface area contributed by atoms with Gasteiger partial charge >= 0.3 is 0 Å². The highest BCUT2D eigenvalue weighted by Crippen LogP contribution is 2.51. The SMILES string of the molecule is Cc1ccccc1Cc1ccccc1C.OC1C2CCCC12. The smallest absolute Gasteiger partial charge is 0.0603 e. The summed E-state index contributed by atoms with van der Waals surface area (Å²) in [7, 11) is 0. The van der Waals surface area contributed by atoms with Gasteiger partial charge in [0, 0.05) is 0 Å². The molecular formula is C21H26O. The van der Waals surface area contributed by atoms with E-state index in [1.165, 1.54) is 41.5 Å². The molecule has 22 heavy (non-hydrogen) atoms. The minimum Gasteiger partial charge on any atom is -0.393 e. The molecule has 1 nitrogen and oxygen atoms in total. The summed E-state index contributed by atoms with van der Waals surface area (Å²) in [6.45, 7) is 4.35. The van der Waals surface area contributed by atoms with Crippen molar-refractivity contribution in [2.75, 3.05) is 0 Å². The molecule has 0 heterocycles. The van der Waals surface area contributed by atoms with Crippen molar-refractivity contribution in [2.24, 2.45) is 11.8 Å². The van der Waals surface area contributed by atoms with E-state index in [4.69, 9.17) is 5.11 Å². The second-order valence-corrected chi connectivity index (χ2v) is 6.78. The molecule has 0 bridgehead atoms. The Bertz CT molecular complexity index is 578. The molecule has 2 unspecified atom stereocenters. The van der Waals surface area contributed by atoms with E-state index < -0.39 is 0 Å². The number of hydrogen-bond acceptors (Lipinski definition) is 1. The first-order valence-corrected chi connectivity index (χ1v) is 8.44. The standard InChI is InChI=1S/C15H16.C6H10O/c1-12-7-3-5-9-14(12)11-15-10-6-4-8-13(15)2;7-6-4-2-1-3-5(4)6/h3-10H,11H2,1-2H3;4-7H,1-3H2. The normalized spacial score (nSPS) is 25.1. The molecule has 2 atom stereocenters. The van der Waals surface area contributed by atoms with Crippen molar-refractivity contribution in [1.82, 2.24) is 0 Å². The third-order valence-corrected chi connectivity index (χ3v) is 5.26. The first-order valence-electron chi connectivity index (χ1n) is 8.44. The highest BCUT2D eigenvalue weighted by Gasteiger charge is 2.51. The van der Waals surface area contributed by atoms with Gasteiger partial charge in [0.15, 0.2) is 0 Å². The third-order valence-electron chi connectivity index (χ3n) is 5.26. The Kier molecular flexibility index (Phi) is 4.63. The van der Waals surface area contributed by atoms with Crippen molar-refractivity contribution in [1.29, 1.82) is 0 Å². The van der Waals surface area contributed by atoms with Crippen molar-refractivity contribution in [3.05, 3.63) is 70.8 Å². The number of rotatable bonds is 2. The van der Waals surface area contributed by atoms with Gasteiger partial charge in [-0.15, -0.1) is 0 Å². The maximum absolute atomic E-state index is 8.95. The van der Waals surface area contributed by atoms with Crippen LogP contribution in [0.5, 0.6) is 0 Å². The molecule has 2 fully saturated rings. The van der Waals surface area contributed by atoms with Gasteiger partial charge in [0.25, 0.3) is 0 Å². The van der Waals surface area contributed by atoms with Gasteiger partial charge in [-0.2, -0.15) is 0 Å². The molecule has 1 heteroatoms. The van der Waals surface area contributed by atoms with E-state index in [1.54, 1.807) is 0 Å². The summed E-state index contributed by atoms with van der Waals surface area (Å²) >= 11 is 0. The summed E-state index contributed by atoms with van der Waals surface area (Å²) in [5.41, 5.74) is 5.60. The van der Waals surface area contributed by atoms with Crippen molar-refractivity contribution < 1.29 is 5.11 Å². The Morgan fingerprint density at radius 1 is 0.818 bits per heavy atom. The molecule has 0 aromatic heterocycles. The topological polar surface area (TPSA) is 20.2 Å². The summed E-state index contributed by atoms with van der Waals surface area (Å²) < 4.78 is 0. The molecule has 2 saturated carbocycles. The molecule has 2 aromatic carbocycles. The van der Waals surface area contributed by atoms with Crippen molar-refractivity contribution in [2.45, 2.75) is 45.6 Å².